The van der Waals surface area contributed by atoms with Gasteiger partial charge in [-0.25, -0.2) is 4.79 Å². The second-order valence-electron chi connectivity index (χ2n) is 12.1. The van der Waals surface area contributed by atoms with Gasteiger partial charge >= 0.3 is 5.97 Å². The quantitative estimate of drug-likeness (QED) is 0.0761. The molecule has 1 N–H and O–H groups in total. The van der Waals surface area contributed by atoms with E-state index in [9.17, 15) is 4.79 Å². The SMILES string of the molecule is CCCCNc1ccc(C(=O)OCCOCCOCCOCCOCCOCCOCCOCCOCCOCCOCCOCCOCCN(C)C)cc1. The van der Waals surface area contributed by atoms with Gasteiger partial charge in [0.05, 0.1) is 164 Å². The lowest BCUT2D eigenvalue weighted by molar-refractivity contribution is -0.0288. The van der Waals surface area contributed by atoms with Crippen molar-refractivity contribution in [3.63, 3.8) is 0 Å². The maximum absolute atomic E-state index is 12.1. The van der Waals surface area contributed by atoms with Crippen LogP contribution in [0, 0.1) is 0 Å². The molecule has 0 fully saturated rings. The van der Waals surface area contributed by atoms with Crippen molar-refractivity contribution in [2.45, 2.75) is 19.8 Å². The minimum absolute atomic E-state index is 0.188. The molecule has 16 nitrogen and oxygen atoms in total. The molecule has 0 radical (unpaired) electrons. The van der Waals surface area contributed by atoms with Crippen LogP contribution in [0.15, 0.2) is 24.3 Å². The summed E-state index contributed by atoms with van der Waals surface area (Å²) in [5.41, 5.74) is 1.51. The van der Waals surface area contributed by atoms with E-state index in [1.807, 2.05) is 26.2 Å². The van der Waals surface area contributed by atoms with E-state index in [1.54, 1.807) is 12.1 Å². The molecule has 16 heteroatoms. The summed E-state index contributed by atoms with van der Waals surface area (Å²) >= 11 is 0. The third kappa shape index (κ3) is 37.3. The van der Waals surface area contributed by atoms with Crippen LogP contribution in [-0.4, -0.2) is 203 Å². The highest BCUT2D eigenvalue weighted by atomic mass is 16.6. The lowest BCUT2D eigenvalue weighted by atomic mass is 10.2. The fourth-order valence-electron chi connectivity index (χ4n) is 4.18. The van der Waals surface area contributed by atoms with Crippen molar-refractivity contribution in [3.8, 4) is 0 Å². The number of unbranched alkanes of at least 4 members (excludes halogenated alkanes) is 1. The topological polar surface area (TPSA) is 152 Å². The Labute approximate surface area is 329 Å². The van der Waals surface area contributed by atoms with Crippen molar-refractivity contribution < 1.29 is 66.4 Å². The van der Waals surface area contributed by atoms with E-state index in [0.29, 0.717) is 164 Å². The Morgan fingerprint density at radius 1 is 0.455 bits per heavy atom. The maximum Gasteiger partial charge on any atom is 0.338 e. The van der Waals surface area contributed by atoms with Crippen LogP contribution in [0.4, 0.5) is 5.69 Å². The summed E-state index contributed by atoms with van der Waals surface area (Å²) in [6.45, 7) is 16.2. The molecule has 0 aliphatic heterocycles. The molecule has 0 saturated heterocycles. The first-order valence-corrected chi connectivity index (χ1v) is 19.7. The van der Waals surface area contributed by atoms with Crippen LogP contribution in [0.3, 0.4) is 0 Å². The Balaban J connectivity index is 1.67. The summed E-state index contributed by atoms with van der Waals surface area (Å²) in [4.78, 5) is 14.2. The van der Waals surface area contributed by atoms with Crippen LogP contribution >= 0.6 is 0 Å². The number of carbonyl (C=O) groups excluding carboxylic acids is 1. The molecule has 0 spiro atoms. The Hall–Kier alpha value is -2.03. The lowest BCUT2D eigenvalue weighted by Gasteiger charge is -2.10. The van der Waals surface area contributed by atoms with Gasteiger partial charge in [-0.2, -0.15) is 0 Å². The molecule has 0 saturated carbocycles. The first-order valence-electron chi connectivity index (χ1n) is 19.7. The highest BCUT2D eigenvalue weighted by Crippen LogP contribution is 2.11. The van der Waals surface area contributed by atoms with Gasteiger partial charge in [0.15, 0.2) is 0 Å². The standard InChI is InChI=1S/C39H72N2O14/c1-4-5-10-40-38-8-6-37(7-9-38)39(42)55-36-35-54-34-33-53-32-31-52-30-29-51-28-27-50-26-25-49-24-23-48-22-21-47-20-19-46-18-17-45-16-15-44-14-13-43-12-11-41(2)3/h6-9,40H,4-5,10-36H2,1-3H3. The monoisotopic (exact) mass is 792 g/mol. The van der Waals surface area contributed by atoms with Crippen LogP contribution in [-0.2, 0) is 61.6 Å². The summed E-state index contributed by atoms with van der Waals surface area (Å²) in [5.74, 6) is -0.362. The Bertz CT molecular complexity index is 932. The van der Waals surface area contributed by atoms with Crippen molar-refractivity contribution in [2.75, 3.05) is 198 Å². The molecule has 0 bridgehead atoms. The molecule has 322 valence electrons. The molecule has 1 rings (SSSR count). The predicted octanol–water partition coefficient (Wildman–Crippen LogP) is 2.82. The Morgan fingerprint density at radius 2 is 0.745 bits per heavy atom. The van der Waals surface area contributed by atoms with Gasteiger partial charge in [-0.3, -0.25) is 0 Å². The number of anilines is 1. The number of esters is 1. The zero-order valence-electron chi connectivity index (χ0n) is 34.0. The number of hydrogen-bond donors (Lipinski definition) is 1. The summed E-state index contributed by atoms with van der Waals surface area (Å²) in [6.07, 6.45) is 2.24. The first kappa shape index (κ1) is 51.0. The largest absolute Gasteiger partial charge is 0.460 e. The van der Waals surface area contributed by atoms with Crippen molar-refractivity contribution >= 4 is 11.7 Å². The molecule has 0 aliphatic carbocycles. The van der Waals surface area contributed by atoms with E-state index in [-0.39, 0.29) is 12.6 Å². The third-order valence-electron chi connectivity index (χ3n) is 7.22. The van der Waals surface area contributed by atoms with E-state index >= 15 is 0 Å². The van der Waals surface area contributed by atoms with Gasteiger partial charge in [0.1, 0.15) is 6.61 Å². The number of hydrogen-bond acceptors (Lipinski definition) is 16. The van der Waals surface area contributed by atoms with Gasteiger partial charge in [-0.05, 0) is 44.8 Å². The second-order valence-corrected chi connectivity index (χ2v) is 12.1. The van der Waals surface area contributed by atoms with Crippen LogP contribution < -0.4 is 5.32 Å². The highest BCUT2D eigenvalue weighted by molar-refractivity contribution is 5.89. The molecular formula is C39H72N2O14. The third-order valence-corrected chi connectivity index (χ3v) is 7.22. The highest BCUT2D eigenvalue weighted by Gasteiger charge is 2.07. The average Bonchev–Trinajstić information content (AvgIpc) is 3.19. The molecule has 0 amide bonds. The van der Waals surface area contributed by atoms with E-state index in [2.05, 4.69) is 17.1 Å². The number of nitrogens with one attached hydrogen (secondary N) is 1. The van der Waals surface area contributed by atoms with Crippen LogP contribution in [0.5, 0.6) is 0 Å². The summed E-state index contributed by atoms with van der Waals surface area (Å²) < 4.78 is 71.0. The van der Waals surface area contributed by atoms with E-state index < -0.39 is 0 Å². The number of carbonyl (C=O) groups is 1. The number of ether oxygens (including phenoxy) is 13. The zero-order chi connectivity index (χ0) is 39.5. The molecule has 0 heterocycles. The minimum Gasteiger partial charge on any atom is -0.460 e. The predicted molar refractivity (Wildman–Crippen MR) is 209 cm³/mol. The molecule has 55 heavy (non-hydrogen) atoms. The number of benzene rings is 1. The van der Waals surface area contributed by atoms with Crippen molar-refractivity contribution in [2.24, 2.45) is 0 Å². The fraction of sp³-hybridized carbons (Fsp3) is 0.821. The smallest absolute Gasteiger partial charge is 0.338 e. The van der Waals surface area contributed by atoms with Crippen molar-refractivity contribution in [1.82, 2.24) is 4.90 Å². The summed E-state index contributed by atoms with van der Waals surface area (Å²) in [5, 5.41) is 3.32. The maximum atomic E-state index is 12.1. The lowest BCUT2D eigenvalue weighted by Crippen LogP contribution is -2.19. The fourth-order valence-corrected chi connectivity index (χ4v) is 4.18. The van der Waals surface area contributed by atoms with E-state index in [4.69, 9.17) is 61.6 Å². The Kier molecular flexibility index (Phi) is 38.6. The van der Waals surface area contributed by atoms with E-state index in [0.717, 1.165) is 31.6 Å². The van der Waals surface area contributed by atoms with Crippen molar-refractivity contribution in [1.29, 1.82) is 0 Å². The molecular weight excluding hydrogens is 720 g/mol. The van der Waals surface area contributed by atoms with Gasteiger partial charge in [0.25, 0.3) is 0 Å². The zero-order valence-corrected chi connectivity index (χ0v) is 34.0. The number of rotatable bonds is 44. The van der Waals surface area contributed by atoms with Crippen LogP contribution in [0.2, 0.25) is 0 Å². The first-order chi connectivity index (χ1) is 27.1. The van der Waals surface area contributed by atoms with Gasteiger partial charge in [-0.1, -0.05) is 13.3 Å². The molecule has 1 aromatic carbocycles. The minimum atomic E-state index is -0.362. The van der Waals surface area contributed by atoms with Gasteiger partial charge < -0.3 is 71.8 Å². The van der Waals surface area contributed by atoms with Gasteiger partial charge in [0.2, 0.25) is 0 Å². The molecule has 0 unspecified atom stereocenters. The average molecular weight is 793 g/mol. The number of nitrogens with zero attached hydrogens (tertiary/aromatic N) is 1. The van der Waals surface area contributed by atoms with Gasteiger partial charge in [0, 0.05) is 18.8 Å². The van der Waals surface area contributed by atoms with Crippen LogP contribution in [0.25, 0.3) is 0 Å². The molecule has 0 aliphatic rings. The number of likely N-dealkylation sites (N-methyl/N-ethyl adjacent to an activating group) is 1. The Morgan fingerprint density at radius 3 is 1.04 bits per heavy atom. The normalized spacial score (nSPS) is 11.5. The van der Waals surface area contributed by atoms with Crippen molar-refractivity contribution in [3.05, 3.63) is 29.8 Å². The molecule has 0 aromatic heterocycles. The summed E-state index contributed by atoms with van der Waals surface area (Å²) in [7, 11) is 4.04. The summed E-state index contributed by atoms with van der Waals surface area (Å²) in [6, 6.07) is 7.29. The van der Waals surface area contributed by atoms with E-state index in [1.165, 1.54) is 0 Å². The van der Waals surface area contributed by atoms with Gasteiger partial charge in [-0.15, -0.1) is 0 Å². The second kappa shape index (κ2) is 41.6. The molecule has 1 aromatic rings. The van der Waals surface area contributed by atoms with Crippen LogP contribution in [0.1, 0.15) is 30.1 Å². The molecule has 0 atom stereocenters.